The molecule has 0 aliphatic heterocycles. The fraction of sp³-hybridized carbons (Fsp3) is 0.200. The van der Waals surface area contributed by atoms with Gasteiger partial charge in [0.1, 0.15) is 11.8 Å². The Morgan fingerprint density at radius 2 is 1.65 bits per heavy atom. The first kappa shape index (κ1) is 26.5. The number of likely N-dealkylation sites (N-methyl/N-ethyl adjacent to an activating group) is 1. The summed E-state index contributed by atoms with van der Waals surface area (Å²) in [7, 11) is 0. The maximum Gasteiger partial charge on any atom is 0.261 e. The highest BCUT2D eigenvalue weighted by Crippen LogP contribution is 2.27. The van der Waals surface area contributed by atoms with Crippen molar-refractivity contribution in [2.45, 2.75) is 25.9 Å². The van der Waals surface area contributed by atoms with Crippen molar-refractivity contribution in [3.8, 4) is 5.75 Å². The molecule has 1 unspecified atom stereocenters. The third-order valence-electron chi connectivity index (χ3n) is 6.08. The van der Waals surface area contributed by atoms with Crippen molar-refractivity contribution in [1.82, 2.24) is 10.2 Å². The van der Waals surface area contributed by atoms with Crippen LogP contribution in [0.3, 0.4) is 0 Å². The Morgan fingerprint density at radius 3 is 2.41 bits per heavy atom. The van der Waals surface area contributed by atoms with E-state index in [-0.39, 0.29) is 25.0 Å². The highest BCUT2D eigenvalue weighted by Gasteiger charge is 2.31. The predicted octanol–water partition coefficient (Wildman–Crippen LogP) is 6.30. The van der Waals surface area contributed by atoms with Crippen LogP contribution in [0.1, 0.15) is 18.1 Å². The second-order valence-electron chi connectivity index (χ2n) is 8.62. The van der Waals surface area contributed by atoms with E-state index in [0.717, 1.165) is 16.3 Å². The maximum atomic E-state index is 13.7. The van der Waals surface area contributed by atoms with Crippen LogP contribution in [-0.2, 0) is 22.6 Å². The number of fused-ring (bicyclic) bond motifs is 1. The molecule has 37 heavy (non-hydrogen) atoms. The zero-order valence-corrected chi connectivity index (χ0v) is 22.0. The lowest BCUT2D eigenvalue weighted by atomic mass is 10.0. The van der Waals surface area contributed by atoms with Crippen LogP contribution in [0.4, 0.5) is 0 Å². The molecule has 5 nitrogen and oxygen atoms in total. The van der Waals surface area contributed by atoms with Gasteiger partial charge in [0.15, 0.2) is 6.61 Å². The Balaban J connectivity index is 1.65. The second-order valence-corrected chi connectivity index (χ2v) is 9.47. The second kappa shape index (κ2) is 12.6. The van der Waals surface area contributed by atoms with E-state index in [4.69, 9.17) is 27.9 Å². The van der Waals surface area contributed by atoms with Gasteiger partial charge >= 0.3 is 0 Å². The lowest BCUT2D eigenvalue weighted by Crippen LogP contribution is -2.51. The lowest BCUT2D eigenvalue weighted by Gasteiger charge is -2.31. The van der Waals surface area contributed by atoms with Gasteiger partial charge in [-0.1, -0.05) is 96.0 Å². The number of halogens is 2. The zero-order valence-electron chi connectivity index (χ0n) is 20.5. The highest BCUT2D eigenvalue weighted by molar-refractivity contribution is 6.35. The molecule has 1 N–H and O–H groups in total. The molecule has 0 saturated heterocycles. The van der Waals surface area contributed by atoms with Gasteiger partial charge in [0.2, 0.25) is 5.91 Å². The average Bonchev–Trinajstić information content (AvgIpc) is 2.91. The molecule has 1 atom stereocenters. The zero-order chi connectivity index (χ0) is 26.2. The number of benzene rings is 4. The molecule has 2 amide bonds. The number of nitrogens with zero attached hydrogens (tertiary/aromatic N) is 1. The summed E-state index contributed by atoms with van der Waals surface area (Å²) in [6, 6.07) is 27.5. The van der Waals surface area contributed by atoms with Crippen LogP contribution in [0.15, 0.2) is 91.0 Å². The topological polar surface area (TPSA) is 58.6 Å². The van der Waals surface area contributed by atoms with Gasteiger partial charge in [0, 0.05) is 34.9 Å². The molecule has 0 aliphatic rings. The fourth-order valence-electron chi connectivity index (χ4n) is 4.22. The van der Waals surface area contributed by atoms with E-state index >= 15 is 0 Å². The van der Waals surface area contributed by atoms with Crippen LogP contribution in [0, 0.1) is 0 Å². The van der Waals surface area contributed by atoms with Gasteiger partial charge in [-0.15, -0.1) is 0 Å². The minimum Gasteiger partial charge on any atom is -0.483 e. The molecule has 4 rings (SSSR count). The molecule has 4 aromatic carbocycles. The van der Waals surface area contributed by atoms with E-state index in [9.17, 15) is 9.59 Å². The van der Waals surface area contributed by atoms with Gasteiger partial charge < -0.3 is 15.0 Å². The number of hydrogen-bond donors (Lipinski definition) is 1. The summed E-state index contributed by atoms with van der Waals surface area (Å²) in [4.78, 5) is 28.5. The summed E-state index contributed by atoms with van der Waals surface area (Å²) in [5, 5.41) is 5.73. The Bertz CT molecular complexity index is 1370. The Kier molecular flexibility index (Phi) is 9.04. The number of ether oxygens (including phenoxy) is 1. The highest BCUT2D eigenvalue weighted by atomic mass is 35.5. The average molecular weight is 535 g/mol. The summed E-state index contributed by atoms with van der Waals surface area (Å²) in [5.74, 6) is 0.0367. The van der Waals surface area contributed by atoms with Gasteiger partial charge in [-0.25, -0.2) is 0 Å². The molecule has 0 saturated carbocycles. The Hall–Kier alpha value is -3.54. The lowest BCUT2D eigenvalue weighted by molar-refractivity contribution is -0.142. The summed E-state index contributed by atoms with van der Waals surface area (Å²) in [6.07, 6.45) is 0.345. The van der Waals surface area contributed by atoms with E-state index in [1.54, 1.807) is 18.2 Å². The van der Waals surface area contributed by atoms with E-state index in [1.807, 2.05) is 79.7 Å². The molecule has 7 heteroatoms. The first-order valence-corrected chi connectivity index (χ1v) is 12.9. The molecule has 0 radical (unpaired) electrons. The van der Waals surface area contributed by atoms with E-state index in [2.05, 4.69) is 5.32 Å². The standard InChI is InChI=1S/C30H28Cl2N2O3/c1-2-33-30(36)27(17-21-9-4-3-5-10-21)34(19-23-15-16-24(31)18-26(23)32)29(35)20-37-28-14-8-12-22-11-6-7-13-25(22)28/h3-16,18,27H,2,17,19-20H2,1H3,(H,33,36). The SMILES string of the molecule is CCNC(=O)C(Cc1ccccc1)N(Cc1ccc(Cl)cc1Cl)C(=O)COc1cccc2ccccc12. The van der Waals surface area contributed by atoms with Crippen LogP contribution in [-0.4, -0.2) is 35.9 Å². The third-order valence-corrected chi connectivity index (χ3v) is 6.67. The van der Waals surface area contributed by atoms with E-state index in [0.29, 0.717) is 34.3 Å². The van der Waals surface area contributed by atoms with E-state index in [1.165, 1.54) is 4.90 Å². The molecule has 0 aromatic heterocycles. The number of rotatable bonds is 10. The summed E-state index contributed by atoms with van der Waals surface area (Å²) in [6.45, 7) is 2.19. The number of carbonyl (C=O) groups excluding carboxylic acids is 2. The largest absolute Gasteiger partial charge is 0.483 e. The van der Waals surface area contributed by atoms with Crippen LogP contribution in [0.2, 0.25) is 10.0 Å². The molecular formula is C30H28Cl2N2O3. The molecular weight excluding hydrogens is 507 g/mol. The Morgan fingerprint density at radius 1 is 0.919 bits per heavy atom. The van der Waals surface area contributed by atoms with Crippen molar-refractivity contribution in [2.24, 2.45) is 0 Å². The van der Waals surface area contributed by atoms with Crippen molar-refractivity contribution in [1.29, 1.82) is 0 Å². The molecule has 4 aromatic rings. The third kappa shape index (κ3) is 6.82. The molecule has 190 valence electrons. The van der Waals surface area contributed by atoms with Crippen molar-refractivity contribution < 1.29 is 14.3 Å². The number of amides is 2. The van der Waals surface area contributed by atoms with Gasteiger partial charge in [-0.2, -0.15) is 0 Å². The van der Waals surface area contributed by atoms with Crippen LogP contribution in [0.25, 0.3) is 10.8 Å². The van der Waals surface area contributed by atoms with Gasteiger partial charge in [-0.05, 0) is 41.6 Å². The number of hydrogen-bond acceptors (Lipinski definition) is 3. The first-order chi connectivity index (χ1) is 18.0. The molecule has 0 heterocycles. The molecule has 0 fully saturated rings. The summed E-state index contributed by atoms with van der Waals surface area (Å²) < 4.78 is 6.01. The quantitative estimate of drug-likeness (QED) is 0.259. The maximum absolute atomic E-state index is 13.7. The van der Waals surface area contributed by atoms with Crippen LogP contribution < -0.4 is 10.1 Å². The van der Waals surface area contributed by atoms with E-state index < -0.39 is 6.04 Å². The normalized spacial score (nSPS) is 11.6. The van der Waals surface area contributed by atoms with Crippen molar-refractivity contribution in [3.05, 3.63) is 112 Å². The molecule has 0 aliphatic carbocycles. The smallest absolute Gasteiger partial charge is 0.261 e. The van der Waals surface area contributed by atoms with Crippen LogP contribution >= 0.6 is 23.2 Å². The fourth-order valence-corrected chi connectivity index (χ4v) is 4.69. The molecule has 0 spiro atoms. The van der Waals surface area contributed by atoms with Crippen molar-refractivity contribution in [3.63, 3.8) is 0 Å². The minimum atomic E-state index is -0.766. The van der Waals surface area contributed by atoms with Gasteiger partial charge in [0.25, 0.3) is 5.91 Å². The minimum absolute atomic E-state index is 0.127. The van der Waals surface area contributed by atoms with Gasteiger partial charge in [-0.3, -0.25) is 9.59 Å². The molecule has 0 bridgehead atoms. The Labute approximate surface area is 226 Å². The van der Waals surface area contributed by atoms with Gasteiger partial charge in [0.05, 0.1) is 0 Å². The number of nitrogens with one attached hydrogen (secondary N) is 1. The summed E-state index contributed by atoms with van der Waals surface area (Å²) >= 11 is 12.6. The predicted molar refractivity (Wildman–Crippen MR) is 149 cm³/mol. The summed E-state index contributed by atoms with van der Waals surface area (Å²) in [5.41, 5.74) is 1.63. The van der Waals surface area contributed by atoms with Crippen molar-refractivity contribution in [2.75, 3.05) is 13.2 Å². The van der Waals surface area contributed by atoms with Crippen LogP contribution in [0.5, 0.6) is 5.75 Å². The van der Waals surface area contributed by atoms with Crippen molar-refractivity contribution >= 4 is 45.8 Å². The first-order valence-electron chi connectivity index (χ1n) is 12.1. The monoisotopic (exact) mass is 534 g/mol. The number of carbonyl (C=O) groups is 2.